The lowest BCUT2D eigenvalue weighted by Crippen LogP contribution is -2.49. The average Bonchev–Trinajstić information content (AvgIpc) is 2.73. The zero-order valence-corrected chi connectivity index (χ0v) is 12.9. The van der Waals surface area contributed by atoms with Gasteiger partial charge >= 0.3 is 0 Å². The molecule has 1 saturated heterocycles. The number of nitrogens with zero attached hydrogens (tertiary/aromatic N) is 3. The van der Waals surface area contributed by atoms with Crippen LogP contribution < -0.4 is 0 Å². The molecule has 0 aromatic carbocycles. The van der Waals surface area contributed by atoms with Gasteiger partial charge in [-0.1, -0.05) is 25.7 Å². The molecule has 2 fully saturated rings. The minimum Gasteiger partial charge on any atom is -0.353 e. The molecular weight excluding hydrogens is 246 g/mol. The van der Waals surface area contributed by atoms with Crippen molar-refractivity contribution in [3.05, 3.63) is 24.0 Å². The van der Waals surface area contributed by atoms with E-state index in [-0.39, 0.29) is 0 Å². The molecule has 3 heteroatoms. The summed E-state index contributed by atoms with van der Waals surface area (Å²) < 4.78 is 2.25. The van der Waals surface area contributed by atoms with Crippen molar-refractivity contribution in [2.45, 2.75) is 51.1 Å². The van der Waals surface area contributed by atoms with E-state index >= 15 is 0 Å². The van der Waals surface area contributed by atoms with Crippen LogP contribution in [0.2, 0.25) is 0 Å². The Balaban J connectivity index is 1.48. The van der Waals surface area contributed by atoms with Crippen LogP contribution in [0.5, 0.6) is 0 Å². The summed E-state index contributed by atoms with van der Waals surface area (Å²) in [5, 5.41) is 0. The van der Waals surface area contributed by atoms with Crippen LogP contribution in [0, 0.1) is 0 Å². The lowest BCUT2D eigenvalue weighted by atomic mass is 10.1. The second kappa shape index (κ2) is 6.77. The van der Waals surface area contributed by atoms with Crippen molar-refractivity contribution in [1.29, 1.82) is 0 Å². The van der Waals surface area contributed by atoms with Crippen LogP contribution >= 0.6 is 0 Å². The molecule has 2 heterocycles. The van der Waals surface area contributed by atoms with E-state index in [1.54, 1.807) is 0 Å². The van der Waals surface area contributed by atoms with Crippen molar-refractivity contribution >= 4 is 0 Å². The third kappa shape index (κ3) is 3.44. The van der Waals surface area contributed by atoms with E-state index in [1.165, 1.54) is 70.4 Å². The number of aromatic nitrogens is 1. The Morgan fingerprint density at radius 2 is 1.70 bits per heavy atom. The molecule has 3 nitrogen and oxygen atoms in total. The first-order valence-corrected chi connectivity index (χ1v) is 8.39. The highest BCUT2D eigenvalue weighted by molar-refractivity contribution is 5.06. The third-order valence-electron chi connectivity index (χ3n) is 5.18. The lowest BCUT2D eigenvalue weighted by molar-refractivity contribution is 0.0840. The Kier molecular flexibility index (Phi) is 4.79. The van der Waals surface area contributed by atoms with Gasteiger partial charge in [0.05, 0.1) is 0 Å². The normalized spacial score (nSPS) is 23.9. The van der Waals surface area contributed by atoms with Gasteiger partial charge in [0.25, 0.3) is 0 Å². The molecule has 0 amide bonds. The van der Waals surface area contributed by atoms with Gasteiger partial charge in [0.2, 0.25) is 0 Å². The molecule has 0 unspecified atom stereocenters. The van der Waals surface area contributed by atoms with E-state index in [0.29, 0.717) is 0 Å². The summed E-state index contributed by atoms with van der Waals surface area (Å²) in [5.41, 5.74) is 1.44. The summed E-state index contributed by atoms with van der Waals surface area (Å²) in [4.78, 5) is 5.38. The van der Waals surface area contributed by atoms with Gasteiger partial charge in [0.1, 0.15) is 0 Å². The quantitative estimate of drug-likeness (QED) is 0.786. The topological polar surface area (TPSA) is 11.4 Å². The summed E-state index contributed by atoms with van der Waals surface area (Å²) in [6, 6.07) is 5.28. The van der Waals surface area contributed by atoms with Crippen LogP contribution in [0.25, 0.3) is 0 Å². The van der Waals surface area contributed by atoms with E-state index < -0.39 is 0 Å². The van der Waals surface area contributed by atoms with Crippen LogP contribution in [0.1, 0.15) is 44.2 Å². The van der Waals surface area contributed by atoms with E-state index in [2.05, 4.69) is 39.7 Å². The molecule has 0 atom stereocenters. The molecular formula is C17H29N3. The van der Waals surface area contributed by atoms with E-state index in [9.17, 15) is 0 Å². The van der Waals surface area contributed by atoms with Crippen molar-refractivity contribution in [1.82, 2.24) is 14.4 Å². The summed E-state index contributed by atoms with van der Waals surface area (Å²) in [6.07, 6.45) is 10.9. The van der Waals surface area contributed by atoms with Crippen molar-refractivity contribution < 1.29 is 0 Å². The zero-order valence-electron chi connectivity index (χ0n) is 12.9. The molecule has 20 heavy (non-hydrogen) atoms. The van der Waals surface area contributed by atoms with Crippen molar-refractivity contribution in [2.24, 2.45) is 7.05 Å². The van der Waals surface area contributed by atoms with Crippen LogP contribution in [0.15, 0.2) is 18.3 Å². The van der Waals surface area contributed by atoms with Gasteiger partial charge in [-0.15, -0.1) is 0 Å². The Morgan fingerprint density at radius 3 is 2.30 bits per heavy atom. The van der Waals surface area contributed by atoms with E-state index in [4.69, 9.17) is 0 Å². The van der Waals surface area contributed by atoms with Crippen LogP contribution in [-0.4, -0.2) is 46.6 Å². The number of aryl methyl sites for hydroxylation is 1. The Labute approximate surface area is 123 Å². The van der Waals surface area contributed by atoms with Gasteiger partial charge in [0, 0.05) is 57.7 Å². The molecule has 0 N–H and O–H groups in total. The van der Waals surface area contributed by atoms with Crippen molar-refractivity contribution in [2.75, 3.05) is 26.2 Å². The van der Waals surface area contributed by atoms with Crippen LogP contribution in [-0.2, 0) is 13.6 Å². The molecule has 0 spiro atoms. The minimum absolute atomic E-state index is 0.884. The smallest absolute Gasteiger partial charge is 0.0388 e. The molecule has 1 saturated carbocycles. The van der Waals surface area contributed by atoms with Gasteiger partial charge in [0.15, 0.2) is 0 Å². The predicted molar refractivity (Wildman–Crippen MR) is 83.8 cm³/mol. The average molecular weight is 275 g/mol. The molecule has 0 radical (unpaired) electrons. The highest BCUT2D eigenvalue weighted by atomic mass is 15.3. The van der Waals surface area contributed by atoms with Gasteiger partial charge in [-0.05, 0) is 25.0 Å². The Morgan fingerprint density at radius 1 is 1.00 bits per heavy atom. The van der Waals surface area contributed by atoms with Crippen molar-refractivity contribution in [3.8, 4) is 0 Å². The molecule has 1 aliphatic heterocycles. The summed E-state index contributed by atoms with van der Waals surface area (Å²) in [5.74, 6) is 0. The summed E-state index contributed by atoms with van der Waals surface area (Å²) in [7, 11) is 2.15. The molecule has 3 rings (SSSR count). The predicted octanol–water partition coefficient (Wildman–Crippen LogP) is 2.87. The third-order valence-corrected chi connectivity index (χ3v) is 5.18. The van der Waals surface area contributed by atoms with Crippen LogP contribution in [0.4, 0.5) is 0 Å². The highest BCUT2D eigenvalue weighted by Gasteiger charge is 2.24. The Bertz CT molecular complexity index is 396. The first-order chi connectivity index (χ1) is 9.83. The van der Waals surface area contributed by atoms with Crippen molar-refractivity contribution in [3.63, 3.8) is 0 Å². The fourth-order valence-corrected chi connectivity index (χ4v) is 3.80. The van der Waals surface area contributed by atoms with E-state index in [1.807, 2.05) is 0 Å². The second-order valence-corrected chi connectivity index (χ2v) is 6.57. The van der Waals surface area contributed by atoms with Crippen LogP contribution in [0.3, 0.4) is 0 Å². The standard InChI is InChI=1S/C17H29N3/c1-18-10-6-9-17(18)15-19-11-13-20(14-12-19)16-7-4-2-3-5-8-16/h6,9-10,16H,2-5,7-8,11-15H2,1H3. The molecule has 1 aromatic heterocycles. The number of hydrogen-bond donors (Lipinski definition) is 0. The van der Waals surface area contributed by atoms with Gasteiger partial charge in [-0.3, -0.25) is 9.80 Å². The Hall–Kier alpha value is -0.800. The largest absolute Gasteiger partial charge is 0.353 e. The zero-order chi connectivity index (χ0) is 13.8. The second-order valence-electron chi connectivity index (χ2n) is 6.57. The van der Waals surface area contributed by atoms with Gasteiger partial charge in [-0.25, -0.2) is 0 Å². The summed E-state index contributed by atoms with van der Waals surface area (Å²) >= 11 is 0. The molecule has 1 aromatic rings. The molecule has 112 valence electrons. The molecule has 1 aliphatic carbocycles. The number of piperazine rings is 1. The first kappa shape index (κ1) is 14.2. The lowest BCUT2D eigenvalue weighted by Gasteiger charge is -2.39. The first-order valence-electron chi connectivity index (χ1n) is 8.39. The minimum atomic E-state index is 0.884. The molecule has 2 aliphatic rings. The monoisotopic (exact) mass is 275 g/mol. The number of rotatable bonds is 3. The SMILES string of the molecule is Cn1cccc1CN1CCN(C2CCCCCC2)CC1. The molecule has 0 bridgehead atoms. The van der Waals surface area contributed by atoms with Gasteiger partial charge < -0.3 is 4.57 Å². The maximum Gasteiger partial charge on any atom is 0.0388 e. The highest BCUT2D eigenvalue weighted by Crippen LogP contribution is 2.23. The van der Waals surface area contributed by atoms with Gasteiger partial charge in [-0.2, -0.15) is 0 Å². The fourth-order valence-electron chi connectivity index (χ4n) is 3.80. The van der Waals surface area contributed by atoms with E-state index in [0.717, 1.165) is 12.6 Å². The fraction of sp³-hybridized carbons (Fsp3) is 0.765. The maximum atomic E-state index is 2.77. The maximum absolute atomic E-state index is 2.77. The number of hydrogen-bond acceptors (Lipinski definition) is 2. The summed E-state index contributed by atoms with van der Waals surface area (Å²) in [6.45, 7) is 6.13.